The van der Waals surface area contributed by atoms with Crippen molar-refractivity contribution in [3.05, 3.63) is 35.4 Å². The van der Waals surface area contributed by atoms with Crippen LogP contribution in [-0.2, 0) is 12.0 Å². The molecule has 1 rings (SSSR count). The van der Waals surface area contributed by atoms with Crippen LogP contribution in [0.1, 0.15) is 45.2 Å². The van der Waals surface area contributed by atoms with Gasteiger partial charge in [-0.05, 0) is 35.9 Å². The molecule has 1 unspecified atom stereocenters. The monoisotopic (exact) mass is 263 g/mol. The summed E-state index contributed by atoms with van der Waals surface area (Å²) in [5.41, 5.74) is 2.93. The first kappa shape index (κ1) is 16.2. The van der Waals surface area contributed by atoms with Crippen LogP contribution in [0.5, 0.6) is 0 Å². The first-order valence-corrected chi connectivity index (χ1v) is 7.25. The Morgan fingerprint density at radius 3 is 2.16 bits per heavy atom. The van der Waals surface area contributed by atoms with Crippen LogP contribution in [0.4, 0.5) is 0 Å². The number of aliphatic hydroxyl groups is 1. The lowest BCUT2D eigenvalue weighted by molar-refractivity contribution is 0.173. The van der Waals surface area contributed by atoms with Gasteiger partial charge in [-0.1, -0.05) is 52.0 Å². The minimum absolute atomic E-state index is 0.217. The number of nitrogens with zero attached hydrogens (tertiary/aromatic N) is 1. The van der Waals surface area contributed by atoms with E-state index >= 15 is 0 Å². The quantitative estimate of drug-likeness (QED) is 0.850. The van der Waals surface area contributed by atoms with E-state index in [1.807, 2.05) is 0 Å². The molecule has 19 heavy (non-hydrogen) atoms. The van der Waals surface area contributed by atoms with Gasteiger partial charge in [0.2, 0.25) is 0 Å². The Balaban J connectivity index is 2.58. The van der Waals surface area contributed by atoms with Crippen molar-refractivity contribution >= 4 is 0 Å². The lowest BCUT2D eigenvalue weighted by Crippen LogP contribution is -2.27. The molecule has 1 N–H and O–H groups in total. The highest BCUT2D eigenvalue weighted by molar-refractivity contribution is 5.27. The first-order chi connectivity index (χ1) is 8.86. The van der Waals surface area contributed by atoms with Crippen LogP contribution in [0, 0.1) is 5.92 Å². The molecule has 0 saturated heterocycles. The average molecular weight is 263 g/mol. The summed E-state index contributed by atoms with van der Waals surface area (Å²) >= 11 is 0. The van der Waals surface area contributed by atoms with Gasteiger partial charge < -0.3 is 10.0 Å². The molecule has 0 aliphatic heterocycles. The number of benzene rings is 1. The minimum atomic E-state index is 0.217. The van der Waals surface area contributed by atoms with Crippen molar-refractivity contribution in [1.82, 2.24) is 4.90 Å². The predicted octanol–water partition coefficient (Wildman–Crippen LogP) is 3.43. The second-order valence-electron chi connectivity index (χ2n) is 6.60. The maximum atomic E-state index is 9.24. The summed E-state index contributed by atoms with van der Waals surface area (Å²) in [5.74, 6) is 0.388. The normalized spacial score (nSPS) is 13.8. The third-order valence-electron chi connectivity index (χ3n) is 3.68. The highest BCUT2D eigenvalue weighted by Gasteiger charge is 2.13. The molecule has 1 aromatic rings. The zero-order valence-electron chi connectivity index (χ0n) is 13.1. The molecule has 1 aromatic carbocycles. The third-order valence-corrected chi connectivity index (χ3v) is 3.68. The summed E-state index contributed by atoms with van der Waals surface area (Å²) in [6.07, 6.45) is 1.03. The maximum absolute atomic E-state index is 9.24. The highest BCUT2D eigenvalue weighted by Crippen LogP contribution is 2.22. The van der Waals surface area contributed by atoms with Crippen molar-refractivity contribution in [2.45, 2.75) is 46.1 Å². The second-order valence-corrected chi connectivity index (χ2v) is 6.60. The van der Waals surface area contributed by atoms with Crippen LogP contribution in [-0.4, -0.2) is 30.2 Å². The standard InChI is InChI=1S/C17H29NO/c1-6-14(13-19)11-18(5)12-15-7-9-16(10-8-15)17(2,3)4/h7-10,14,19H,6,11-13H2,1-5H3. The van der Waals surface area contributed by atoms with E-state index < -0.39 is 0 Å². The van der Waals surface area contributed by atoms with Gasteiger partial charge in [-0.2, -0.15) is 0 Å². The van der Waals surface area contributed by atoms with E-state index in [1.165, 1.54) is 11.1 Å². The Morgan fingerprint density at radius 2 is 1.74 bits per heavy atom. The van der Waals surface area contributed by atoms with Crippen molar-refractivity contribution in [2.24, 2.45) is 5.92 Å². The topological polar surface area (TPSA) is 23.5 Å². The fourth-order valence-electron chi connectivity index (χ4n) is 2.24. The number of aliphatic hydroxyl groups excluding tert-OH is 1. The summed E-state index contributed by atoms with van der Waals surface area (Å²) in [7, 11) is 2.12. The van der Waals surface area contributed by atoms with Gasteiger partial charge in [0.15, 0.2) is 0 Å². The summed E-state index contributed by atoms with van der Waals surface area (Å²) in [5, 5.41) is 9.24. The molecule has 0 aliphatic carbocycles. The molecule has 0 aliphatic rings. The summed E-state index contributed by atoms with van der Waals surface area (Å²) < 4.78 is 0. The number of rotatable bonds is 6. The summed E-state index contributed by atoms with van der Waals surface area (Å²) in [6.45, 7) is 11.0. The Hall–Kier alpha value is -0.860. The lowest BCUT2D eigenvalue weighted by Gasteiger charge is -2.23. The molecule has 0 spiro atoms. The van der Waals surface area contributed by atoms with Gasteiger partial charge >= 0.3 is 0 Å². The molecule has 2 nitrogen and oxygen atoms in total. The largest absolute Gasteiger partial charge is 0.396 e. The van der Waals surface area contributed by atoms with Gasteiger partial charge in [0.25, 0.3) is 0 Å². The molecule has 0 bridgehead atoms. The van der Waals surface area contributed by atoms with Gasteiger partial charge in [-0.25, -0.2) is 0 Å². The van der Waals surface area contributed by atoms with Gasteiger partial charge in [-0.3, -0.25) is 0 Å². The maximum Gasteiger partial charge on any atom is 0.0471 e. The Kier molecular flexibility index (Phi) is 6.02. The van der Waals surface area contributed by atoms with E-state index in [0.29, 0.717) is 5.92 Å². The zero-order valence-corrected chi connectivity index (χ0v) is 13.1. The molecule has 0 heterocycles. The fourth-order valence-corrected chi connectivity index (χ4v) is 2.24. The van der Waals surface area contributed by atoms with E-state index in [0.717, 1.165) is 19.5 Å². The molecule has 0 fully saturated rings. The van der Waals surface area contributed by atoms with Crippen molar-refractivity contribution in [3.63, 3.8) is 0 Å². The smallest absolute Gasteiger partial charge is 0.0471 e. The highest BCUT2D eigenvalue weighted by atomic mass is 16.3. The van der Waals surface area contributed by atoms with Crippen LogP contribution in [0.3, 0.4) is 0 Å². The van der Waals surface area contributed by atoms with E-state index in [2.05, 4.69) is 63.9 Å². The van der Waals surface area contributed by atoms with Crippen LogP contribution in [0.15, 0.2) is 24.3 Å². The van der Waals surface area contributed by atoms with Gasteiger partial charge in [0, 0.05) is 19.7 Å². The number of hydrogen-bond acceptors (Lipinski definition) is 2. The van der Waals surface area contributed by atoms with Gasteiger partial charge in [0.1, 0.15) is 0 Å². The average Bonchev–Trinajstić information content (AvgIpc) is 2.35. The molecule has 2 heteroatoms. The fraction of sp³-hybridized carbons (Fsp3) is 0.647. The molecular weight excluding hydrogens is 234 g/mol. The molecule has 0 aromatic heterocycles. The van der Waals surface area contributed by atoms with Gasteiger partial charge in [-0.15, -0.1) is 0 Å². The predicted molar refractivity (Wildman–Crippen MR) is 82.3 cm³/mol. The number of hydrogen-bond donors (Lipinski definition) is 1. The molecule has 108 valence electrons. The van der Waals surface area contributed by atoms with Crippen molar-refractivity contribution in [1.29, 1.82) is 0 Å². The van der Waals surface area contributed by atoms with E-state index in [-0.39, 0.29) is 12.0 Å². The molecule has 0 saturated carbocycles. The van der Waals surface area contributed by atoms with E-state index in [9.17, 15) is 5.11 Å². The van der Waals surface area contributed by atoms with Crippen molar-refractivity contribution in [2.75, 3.05) is 20.2 Å². The van der Waals surface area contributed by atoms with E-state index in [4.69, 9.17) is 0 Å². The third kappa shape index (κ3) is 5.33. The zero-order chi connectivity index (χ0) is 14.5. The SMILES string of the molecule is CCC(CO)CN(C)Cc1ccc(C(C)(C)C)cc1. The van der Waals surface area contributed by atoms with Crippen molar-refractivity contribution in [3.8, 4) is 0 Å². The van der Waals surface area contributed by atoms with Crippen LogP contribution < -0.4 is 0 Å². The summed E-state index contributed by atoms with van der Waals surface area (Å²) in [4.78, 5) is 2.29. The molecule has 1 atom stereocenters. The second kappa shape index (κ2) is 7.06. The lowest BCUT2D eigenvalue weighted by atomic mass is 9.87. The minimum Gasteiger partial charge on any atom is -0.396 e. The first-order valence-electron chi connectivity index (χ1n) is 7.25. The van der Waals surface area contributed by atoms with Crippen LogP contribution >= 0.6 is 0 Å². The van der Waals surface area contributed by atoms with Crippen LogP contribution in [0.25, 0.3) is 0 Å². The molecule has 0 radical (unpaired) electrons. The van der Waals surface area contributed by atoms with E-state index in [1.54, 1.807) is 0 Å². The Morgan fingerprint density at radius 1 is 1.16 bits per heavy atom. The molecule has 0 amide bonds. The van der Waals surface area contributed by atoms with Crippen LogP contribution in [0.2, 0.25) is 0 Å². The Bertz CT molecular complexity index is 360. The van der Waals surface area contributed by atoms with Crippen molar-refractivity contribution < 1.29 is 5.11 Å². The summed E-state index contributed by atoms with van der Waals surface area (Å²) in [6, 6.07) is 8.90. The van der Waals surface area contributed by atoms with Gasteiger partial charge in [0.05, 0.1) is 0 Å². The molecular formula is C17H29NO. The Labute approximate surface area is 118 Å².